The van der Waals surface area contributed by atoms with Gasteiger partial charge in [-0.05, 0) is 49.7 Å². The zero-order valence-corrected chi connectivity index (χ0v) is 12.6. The Morgan fingerprint density at radius 3 is 3.05 bits per heavy atom. The number of hydrogen-bond donors (Lipinski definition) is 1. The minimum absolute atomic E-state index is 0.160. The molecule has 2 fully saturated rings. The Morgan fingerprint density at radius 1 is 1.33 bits per heavy atom. The van der Waals surface area contributed by atoms with Crippen LogP contribution in [0.2, 0.25) is 0 Å². The molecule has 3 atom stereocenters. The third-order valence-electron chi connectivity index (χ3n) is 5.93. The number of nitrogens with two attached hydrogens (primary N) is 1. The van der Waals surface area contributed by atoms with Gasteiger partial charge >= 0.3 is 0 Å². The van der Waals surface area contributed by atoms with Gasteiger partial charge in [-0.1, -0.05) is 24.3 Å². The number of carbonyl (C=O) groups excluding carboxylic acids is 1. The van der Waals surface area contributed by atoms with Crippen LogP contribution in [0.25, 0.3) is 0 Å². The lowest BCUT2D eigenvalue weighted by Gasteiger charge is -2.29. The summed E-state index contributed by atoms with van der Waals surface area (Å²) in [5, 5.41) is 0. The molecule has 2 aliphatic carbocycles. The van der Waals surface area contributed by atoms with Crippen molar-refractivity contribution in [2.75, 3.05) is 13.1 Å². The average molecular weight is 284 g/mol. The van der Waals surface area contributed by atoms with E-state index in [0.717, 1.165) is 25.8 Å². The summed E-state index contributed by atoms with van der Waals surface area (Å²) < 4.78 is 0. The molecule has 21 heavy (non-hydrogen) atoms. The fourth-order valence-electron chi connectivity index (χ4n) is 4.73. The van der Waals surface area contributed by atoms with Gasteiger partial charge in [-0.15, -0.1) is 0 Å². The maximum absolute atomic E-state index is 12.9. The van der Waals surface area contributed by atoms with Crippen LogP contribution in [-0.4, -0.2) is 29.9 Å². The predicted molar refractivity (Wildman–Crippen MR) is 83.0 cm³/mol. The molecule has 0 radical (unpaired) electrons. The van der Waals surface area contributed by atoms with E-state index >= 15 is 0 Å². The van der Waals surface area contributed by atoms with Crippen molar-refractivity contribution in [1.82, 2.24) is 4.90 Å². The number of fused-ring (bicyclic) bond motifs is 2. The number of benzene rings is 1. The van der Waals surface area contributed by atoms with E-state index in [9.17, 15) is 4.79 Å². The van der Waals surface area contributed by atoms with Crippen LogP contribution in [0.4, 0.5) is 0 Å². The van der Waals surface area contributed by atoms with Gasteiger partial charge in [-0.3, -0.25) is 4.79 Å². The highest BCUT2D eigenvalue weighted by Gasteiger charge is 2.61. The first-order valence-corrected chi connectivity index (χ1v) is 8.35. The zero-order valence-electron chi connectivity index (χ0n) is 12.6. The molecule has 0 bridgehead atoms. The van der Waals surface area contributed by atoms with Gasteiger partial charge < -0.3 is 10.6 Å². The molecule has 1 aromatic rings. The summed E-state index contributed by atoms with van der Waals surface area (Å²) >= 11 is 0. The Hall–Kier alpha value is -1.35. The second-order valence-electron chi connectivity index (χ2n) is 6.99. The summed E-state index contributed by atoms with van der Waals surface area (Å²) in [6.07, 6.45) is 6.83. The van der Waals surface area contributed by atoms with Crippen LogP contribution in [0.5, 0.6) is 0 Å². The quantitative estimate of drug-likeness (QED) is 0.905. The molecule has 3 heteroatoms. The molecular formula is C18H24N2O. The first-order valence-electron chi connectivity index (χ1n) is 8.35. The van der Waals surface area contributed by atoms with Gasteiger partial charge in [-0.2, -0.15) is 0 Å². The van der Waals surface area contributed by atoms with Gasteiger partial charge in [0.1, 0.15) is 0 Å². The third-order valence-corrected chi connectivity index (χ3v) is 5.93. The molecule has 1 aliphatic heterocycles. The topological polar surface area (TPSA) is 46.3 Å². The van der Waals surface area contributed by atoms with Crippen LogP contribution in [0.3, 0.4) is 0 Å². The largest absolute Gasteiger partial charge is 0.338 e. The minimum atomic E-state index is 0.160. The van der Waals surface area contributed by atoms with E-state index < -0.39 is 0 Å². The molecule has 1 aromatic carbocycles. The maximum Gasteiger partial charge on any atom is 0.226 e. The number of carbonyl (C=O) groups is 1. The number of aryl methyl sites for hydroxylation is 1. The second-order valence-corrected chi connectivity index (χ2v) is 6.99. The van der Waals surface area contributed by atoms with Crippen molar-refractivity contribution in [1.29, 1.82) is 0 Å². The van der Waals surface area contributed by atoms with Crippen LogP contribution >= 0.6 is 0 Å². The number of nitrogens with zero attached hydrogens (tertiary/aromatic N) is 1. The lowest BCUT2D eigenvalue weighted by atomic mass is 9.78. The third kappa shape index (κ3) is 1.94. The SMILES string of the molecule is NCC1CCCN1C(=O)C1CC12CCCc1ccccc12. The van der Waals surface area contributed by atoms with Gasteiger partial charge in [-0.25, -0.2) is 0 Å². The molecule has 1 saturated heterocycles. The minimum Gasteiger partial charge on any atom is -0.338 e. The highest BCUT2D eigenvalue weighted by atomic mass is 16.2. The van der Waals surface area contributed by atoms with Crippen molar-refractivity contribution in [2.24, 2.45) is 11.7 Å². The summed E-state index contributed by atoms with van der Waals surface area (Å²) in [6.45, 7) is 1.52. The van der Waals surface area contributed by atoms with E-state index in [1.807, 2.05) is 0 Å². The number of likely N-dealkylation sites (tertiary alicyclic amines) is 1. The van der Waals surface area contributed by atoms with Crippen LogP contribution in [0.1, 0.15) is 43.2 Å². The Bertz CT molecular complexity index is 570. The highest BCUT2D eigenvalue weighted by Crippen LogP contribution is 2.61. The normalized spacial score (nSPS) is 34.0. The predicted octanol–water partition coefficient (Wildman–Crippen LogP) is 2.23. The van der Waals surface area contributed by atoms with Gasteiger partial charge in [0, 0.05) is 30.5 Å². The lowest BCUT2D eigenvalue weighted by molar-refractivity contribution is -0.133. The molecule has 3 unspecified atom stereocenters. The molecule has 4 rings (SSSR count). The summed E-state index contributed by atoms with van der Waals surface area (Å²) in [6, 6.07) is 9.04. The fraction of sp³-hybridized carbons (Fsp3) is 0.611. The lowest BCUT2D eigenvalue weighted by Crippen LogP contribution is -2.42. The molecule has 112 valence electrons. The highest BCUT2D eigenvalue weighted by molar-refractivity contribution is 5.85. The van der Waals surface area contributed by atoms with Crippen LogP contribution in [0.15, 0.2) is 24.3 Å². The Labute approximate surface area is 126 Å². The van der Waals surface area contributed by atoms with E-state index in [4.69, 9.17) is 5.73 Å². The van der Waals surface area contributed by atoms with Crippen molar-refractivity contribution in [3.63, 3.8) is 0 Å². The Morgan fingerprint density at radius 2 is 2.19 bits per heavy atom. The molecule has 1 saturated carbocycles. The second kappa shape index (κ2) is 4.84. The summed E-state index contributed by atoms with van der Waals surface area (Å²) in [5.41, 5.74) is 8.92. The van der Waals surface area contributed by atoms with Gasteiger partial charge in [0.2, 0.25) is 5.91 Å². The number of rotatable bonds is 2. The monoisotopic (exact) mass is 284 g/mol. The molecular weight excluding hydrogens is 260 g/mol. The molecule has 0 aromatic heterocycles. The Kier molecular flexibility index (Phi) is 3.07. The van der Waals surface area contributed by atoms with Crippen molar-refractivity contribution in [3.05, 3.63) is 35.4 Å². The summed E-state index contributed by atoms with van der Waals surface area (Å²) in [4.78, 5) is 15.0. The van der Waals surface area contributed by atoms with Gasteiger partial charge in [0.05, 0.1) is 0 Å². The van der Waals surface area contributed by atoms with E-state index in [1.54, 1.807) is 0 Å². The molecule has 1 spiro atoms. The molecule has 1 heterocycles. The standard InChI is InChI=1S/C18H24N2O/c19-12-14-7-4-10-20(14)17(21)16-11-18(16)9-3-6-13-5-1-2-8-15(13)18/h1-2,5,8,14,16H,3-4,6-7,9-12,19H2. The summed E-state index contributed by atoms with van der Waals surface area (Å²) in [5.74, 6) is 0.589. The van der Waals surface area contributed by atoms with Crippen molar-refractivity contribution >= 4 is 5.91 Å². The van der Waals surface area contributed by atoms with E-state index in [1.165, 1.54) is 30.4 Å². The van der Waals surface area contributed by atoms with Crippen molar-refractivity contribution in [2.45, 2.75) is 50.0 Å². The first kappa shape index (κ1) is 13.3. The molecule has 3 nitrogen and oxygen atoms in total. The van der Waals surface area contributed by atoms with Crippen molar-refractivity contribution < 1.29 is 4.79 Å². The fourth-order valence-corrected chi connectivity index (χ4v) is 4.73. The first-order chi connectivity index (χ1) is 10.3. The molecule has 2 N–H and O–H groups in total. The van der Waals surface area contributed by atoms with Gasteiger partial charge in [0.15, 0.2) is 0 Å². The zero-order chi connectivity index (χ0) is 14.4. The maximum atomic E-state index is 12.9. The number of amides is 1. The Balaban J connectivity index is 1.59. The number of hydrogen-bond acceptors (Lipinski definition) is 2. The summed E-state index contributed by atoms with van der Waals surface area (Å²) in [7, 11) is 0. The van der Waals surface area contributed by atoms with Gasteiger partial charge in [0.25, 0.3) is 0 Å². The van der Waals surface area contributed by atoms with E-state index in [0.29, 0.717) is 12.5 Å². The molecule has 3 aliphatic rings. The average Bonchev–Trinajstić information content (AvgIpc) is 3.03. The van der Waals surface area contributed by atoms with E-state index in [2.05, 4.69) is 29.2 Å². The molecule has 1 amide bonds. The van der Waals surface area contributed by atoms with Crippen molar-refractivity contribution in [3.8, 4) is 0 Å². The van der Waals surface area contributed by atoms with Crippen LogP contribution in [0, 0.1) is 5.92 Å². The van der Waals surface area contributed by atoms with Crippen LogP contribution in [-0.2, 0) is 16.6 Å². The van der Waals surface area contributed by atoms with Crippen LogP contribution < -0.4 is 5.73 Å². The van der Waals surface area contributed by atoms with E-state index in [-0.39, 0.29) is 17.4 Å². The smallest absolute Gasteiger partial charge is 0.226 e.